The number of carbonyl (C=O) groups is 2. The zero-order valence-electron chi connectivity index (χ0n) is 9.36. The number of halogens is 2. The molecule has 2 rings (SSSR count). The molecular weight excluding hydrogens is 232 g/mol. The highest BCUT2D eigenvalue weighted by molar-refractivity contribution is 5.82. The summed E-state index contributed by atoms with van der Waals surface area (Å²) < 4.78 is 25.8. The average Bonchev–Trinajstić information content (AvgIpc) is 2.14. The molecule has 96 valence electrons. The first-order valence-corrected chi connectivity index (χ1v) is 5.78. The van der Waals surface area contributed by atoms with Crippen LogP contribution in [0.4, 0.5) is 8.78 Å². The van der Waals surface area contributed by atoms with E-state index in [1.807, 2.05) is 0 Å². The molecule has 1 saturated carbocycles. The third-order valence-electron chi connectivity index (χ3n) is 3.61. The number of nitrogens with zero attached hydrogens (tertiary/aromatic N) is 1. The van der Waals surface area contributed by atoms with Crippen molar-refractivity contribution in [2.45, 2.75) is 31.6 Å². The maximum absolute atomic E-state index is 12.9. The number of carboxylic acids is 1. The van der Waals surface area contributed by atoms with Crippen LogP contribution < -0.4 is 0 Å². The normalized spacial score (nSPS) is 25.4. The second-order valence-electron chi connectivity index (χ2n) is 4.91. The van der Waals surface area contributed by atoms with Gasteiger partial charge in [0.05, 0.1) is 5.92 Å². The Kier molecular flexibility index (Phi) is 3.05. The van der Waals surface area contributed by atoms with E-state index in [1.54, 1.807) is 0 Å². The summed E-state index contributed by atoms with van der Waals surface area (Å²) in [5.74, 6) is -4.51. The van der Waals surface area contributed by atoms with E-state index in [4.69, 9.17) is 5.11 Å². The van der Waals surface area contributed by atoms with Gasteiger partial charge in [-0.2, -0.15) is 0 Å². The molecule has 0 aromatic heterocycles. The Labute approximate surface area is 97.6 Å². The Balaban J connectivity index is 1.81. The van der Waals surface area contributed by atoms with Gasteiger partial charge in [-0.1, -0.05) is 0 Å². The number of carbonyl (C=O) groups excluding carboxylic acids is 1. The average molecular weight is 247 g/mol. The quantitative estimate of drug-likeness (QED) is 0.801. The van der Waals surface area contributed by atoms with Gasteiger partial charge in [-0.3, -0.25) is 9.59 Å². The van der Waals surface area contributed by atoms with Crippen molar-refractivity contribution < 1.29 is 23.5 Å². The van der Waals surface area contributed by atoms with Crippen molar-refractivity contribution >= 4 is 11.9 Å². The molecule has 0 radical (unpaired) electrons. The van der Waals surface area contributed by atoms with Crippen molar-refractivity contribution in [3.05, 3.63) is 0 Å². The van der Waals surface area contributed by atoms with Crippen molar-refractivity contribution in [2.75, 3.05) is 13.1 Å². The Bertz CT molecular complexity index is 330. The number of aliphatic carboxylic acids is 1. The van der Waals surface area contributed by atoms with Gasteiger partial charge in [-0.05, 0) is 12.8 Å². The van der Waals surface area contributed by atoms with E-state index in [-0.39, 0.29) is 50.6 Å². The minimum Gasteiger partial charge on any atom is -0.481 e. The lowest BCUT2D eigenvalue weighted by atomic mass is 9.84. The maximum atomic E-state index is 12.9. The highest BCUT2D eigenvalue weighted by Gasteiger charge is 2.42. The number of hydrogen-bond acceptors (Lipinski definition) is 2. The van der Waals surface area contributed by atoms with Gasteiger partial charge in [0.2, 0.25) is 11.8 Å². The number of rotatable bonds is 2. The van der Waals surface area contributed by atoms with Crippen LogP contribution in [-0.2, 0) is 9.59 Å². The summed E-state index contributed by atoms with van der Waals surface area (Å²) in [5, 5.41) is 8.67. The molecule has 1 saturated heterocycles. The molecule has 1 aliphatic heterocycles. The van der Waals surface area contributed by atoms with Crippen molar-refractivity contribution in [1.29, 1.82) is 0 Å². The molecule has 0 aromatic rings. The lowest BCUT2D eigenvalue weighted by Crippen LogP contribution is -2.55. The standard InChI is InChI=1S/C11H15F2NO3/c12-11(13)3-1-7(2-4-11)9(15)14-5-8(6-14)10(16)17/h7-8H,1-6H2,(H,16,17). The van der Waals surface area contributed by atoms with Crippen LogP contribution in [0.15, 0.2) is 0 Å². The number of likely N-dealkylation sites (tertiary alicyclic amines) is 1. The van der Waals surface area contributed by atoms with E-state index in [0.29, 0.717) is 0 Å². The second kappa shape index (κ2) is 4.23. The molecule has 6 heteroatoms. The summed E-state index contributed by atoms with van der Waals surface area (Å²) in [7, 11) is 0. The Hall–Kier alpha value is -1.20. The monoisotopic (exact) mass is 247 g/mol. The highest BCUT2D eigenvalue weighted by Crippen LogP contribution is 2.37. The molecule has 0 spiro atoms. The first-order chi connectivity index (χ1) is 7.89. The maximum Gasteiger partial charge on any atom is 0.310 e. The summed E-state index contributed by atoms with van der Waals surface area (Å²) in [6.45, 7) is 0.447. The van der Waals surface area contributed by atoms with Crippen molar-refractivity contribution in [2.24, 2.45) is 11.8 Å². The number of alkyl halides is 2. The number of amides is 1. The van der Waals surface area contributed by atoms with Crippen LogP contribution in [0.25, 0.3) is 0 Å². The van der Waals surface area contributed by atoms with E-state index < -0.39 is 17.8 Å². The van der Waals surface area contributed by atoms with Gasteiger partial charge in [0.15, 0.2) is 0 Å². The first-order valence-electron chi connectivity index (χ1n) is 5.78. The Morgan fingerprint density at radius 3 is 2.12 bits per heavy atom. The third kappa shape index (κ3) is 2.56. The van der Waals surface area contributed by atoms with E-state index in [0.717, 1.165) is 0 Å². The predicted octanol–water partition coefficient (Wildman–Crippen LogP) is 1.35. The van der Waals surface area contributed by atoms with Gasteiger partial charge in [-0.15, -0.1) is 0 Å². The predicted molar refractivity (Wildman–Crippen MR) is 54.6 cm³/mol. The van der Waals surface area contributed by atoms with Crippen molar-refractivity contribution in [1.82, 2.24) is 4.90 Å². The highest BCUT2D eigenvalue weighted by atomic mass is 19.3. The summed E-state index contributed by atoms with van der Waals surface area (Å²) in [5.41, 5.74) is 0. The van der Waals surface area contributed by atoms with Crippen LogP contribution in [0.5, 0.6) is 0 Å². The van der Waals surface area contributed by atoms with Crippen LogP contribution in [-0.4, -0.2) is 40.9 Å². The molecule has 1 heterocycles. The summed E-state index contributed by atoms with van der Waals surface area (Å²) >= 11 is 0. The van der Waals surface area contributed by atoms with Gasteiger partial charge >= 0.3 is 5.97 Å². The van der Waals surface area contributed by atoms with Crippen molar-refractivity contribution in [3.63, 3.8) is 0 Å². The lowest BCUT2D eigenvalue weighted by molar-refractivity contribution is -0.156. The van der Waals surface area contributed by atoms with Gasteiger partial charge < -0.3 is 10.0 Å². The van der Waals surface area contributed by atoms with Crippen LogP contribution in [0.3, 0.4) is 0 Å². The fraction of sp³-hybridized carbons (Fsp3) is 0.818. The van der Waals surface area contributed by atoms with E-state index in [2.05, 4.69) is 0 Å². The molecule has 2 aliphatic rings. The van der Waals surface area contributed by atoms with Crippen LogP contribution >= 0.6 is 0 Å². The molecule has 1 N–H and O–H groups in total. The zero-order valence-corrected chi connectivity index (χ0v) is 9.36. The number of carboxylic acid groups (broad SMARTS) is 1. The molecule has 0 bridgehead atoms. The SMILES string of the molecule is O=C(O)C1CN(C(=O)C2CCC(F)(F)CC2)C1. The zero-order chi connectivity index (χ0) is 12.6. The fourth-order valence-electron chi connectivity index (χ4n) is 2.36. The van der Waals surface area contributed by atoms with Gasteiger partial charge in [0, 0.05) is 31.8 Å². The molecule has 0 aromatic carbocycles. The third-order valence-corrected chi connectivity index (χ3v) is 3.61. The molecule has 0 unspecified atom stereocenters. The molecule has 1 aliphatic carbocycles. The first kappa shape index (κ1) is 12.3. The molecule has 0 atom stereocenters. The van der Waals surface area contributed by atoms with E-state index in [1.165, 1.54) is 4.90 Å². The molecule has 1 amide bonds. The summed E-state index contributed by atoms with van der Waals surface area (Å²) in [6.07, 6.45) is -0.0562. The molecule has 4 nitrogen and oxygen atoms in total. The Morgan fingerprint density at radius 1 is 1.12 bits per heavy atom. The van der Waals surface area contributed by atoms with Gasteiger partial charge in [0.25, 0.3) is 0 Å². The second-order valence-corrected chi connectivity index (χ2v) is 4.91. The summed E-state index contributed by atoms with van der Waals surface area (Å²) in [4.78, 5) is 23.9. The number of hydrogen-bond donors (Lipinski definition) is 1. The largest absolute Gasteiger partial charge is 0.481 e. The lowest BCUT2D eigenvalue weighted by Gasteiger charge is -2.40. The topological polar surface area (TPSA) is 57.6 Å². The summed E-state index contributed by atoms with van der Waals surface area (Å²) in [6, 6.07) is 0. The van der Waals surface area contributed by atoms with Crippen LogP contribution in [0.1, 0.15) is 25.7 Å². The van der Waals surface area contributed by atoms with E-state index in [9.17, 15) is 18.4 Å². The fourth-order valence-corrected chi connectivity index (χ4v) is 2.36. The smallest absolute Gasteiger partial charge is 0.310 e. The molecule has 2 fully saturated rings. The minimum atomic E-state index is -2.63. The molecule has 17 heavy (non-hydrogen) atoms. The van der Waals surface area contributed by atoms with Gasteiger partial charge in [0.1, 0.15) is 0 Å². The Morgan fingerprint density at radius 2 is 1.65 bits per heavy atom. The van der Waals surface area contributed by atoms with Crippen LogP contribution in [0, 0.1) is 11.8 Å². The van der Waals surface area contributed by atoms with E-state index >= 15 is 0 Å². The minimum absolute atomic E-state index is 0.155. The molecular formula is C11H15F2NO3. The van der Waals surface area contributed by atoms with Crippen molar-refractivity contribution in [3.8, 4) is 0 Å². The van der Waals surface area contributed by atoms with Crippen LogP contribution in [0.2, 0.25) is 0 Å². The van der Waals surface area contributed by atoms with Gasteiger partial charge in [-0.25, -0.2) is 8.78 Å².